The van der Waals surface area contributed by atoms with E-state index < -0.39 is 0 Å². The maximum Gasteiger partial charge on any atom is 0.251 e. The number of carbonyl (C=O) groups is 1. The molecule has 0 radical (unpaired) electrons. The Morgan fingerprint density at radius 2 is 1.70 bits per heavy atom. The van der Waals surface area contributed by atoms with Crippen LogP contribution in [0.25, 0.3) is 0 Å². The van der Waals surface area contributed by atoms with Gasteiger partial charge in [0.05, 0.1) is 13.2 Å². The molecular weight excluding hydrogens is 365 g/mol. The highest BCUT2D eigenvalue weighted by Gasteiger charge is 2.11. The van der Waals surface area contributed by atoms with E-state index >= 15 is 0 Å². The zero-order valence-corrected chi connectivity index (χ0v) is 13.5. The van der Waals surface area contributed by atoms with Crippen LogP contribution in [0.1, 0.15) is 28.9 Å². The summed E-state index contributed by atoms with van der Waals surface area (Å²) in [6.07, 6.45) is 0. The van der Waals surface area contributed by atoms with Crippen molar-refractivity contribution in [2.75, 3.05) is 7.11 Å². The van der Waals surface area contributed by atoms with Gasteiger partial charge in [0.1, 0.15) is 5.75 Å². The lowest BCUT2D eigenvalue weighted by Gasteiger charge is -2.15. The second-order valence-corrected chi connectivity index (χ2v) is 5.72. The van der Waals surface area contributed by atoms with Crippen molar-refractivity contribution < 1.29 is 9.53 Å². The Labute approximate surface area is 132 Å². The summed E-state index contributed by atoms with van der Waals surface area (Å²) in [7, 11) is 1.64. The molecule has 104 valence electrons. The van der Waals surface area contributed by atoms with Gasteiger partial charge in [-0.15, -0.1) is 0 Å². The highest BCUT2D eigenvalue weighted by molar-refractivity contribution is 14.1. The smallest absolute Gasteiger partial charge is 0.251 e. The molecular formula is C16H16INO2. The summed E-state index contributed by atoms with van der Waals surface area (Å²) in [5.74, 6) is 0.745. The van der Waals surface area contributed by atoms with Crippen LogP contribution in [0.3, 0.4) is 0 Å². The number of halogens is 1. The summed E-state index contributed by atoms with van der Waals surface area (Å²) in [4.78, 5) is 12.1. The Hall–Kier alpha value is -1.56. The lowest BCUT2D eigenvalue weighted by atomic mass is 10.1. The zero-order valence-electron chi connectivity index (χ0n) is 11.4. The number of rotatable bonds is 4. The van der Waals surface area contributed by atoms with E-state index in [9.17, 15) is 4.79 Å². The predicted molar refractivity (Wildman–Crippen MR) is 88.0 cm³/mol. The fraction of sp³-hybridized carbons (Fsp3) is 0.188. The maximum absolute atomic E-state index is 12.1. The Morgan fingerprint density at radius 3 is 2.25 bits per heavy atom. The second kappa shape index (κ2) is 6.74. The van der Waals surface area contributed by atoms with Crippen LogP contribution in [0.15, 0.2) is 48.5 Å². The van der Waals surface area contributed by atoms with E-state index in [1.54, 1.807) is 7.11 Å². The van der Waals surface area contributed by atoms with Gasteiger partial charge in [0, 0.05) is 9.13 Å². The van der Waals surface area contributed by atoms with Gasteiger partial charge >= 0.3 is 0 Å². The molecule has 0 heterocycles. The molecule has 0 saturated heterocycles. The Kier molecular flexibility index (Phi) is 5.00. The molecule has 0 bridgehead atoms. The minimum absolute atomic E-state index is 0.0484. The van der Waals surface area contributed by atoms with Gasteiger partial charge < -0.3 is 10.1 Å². The van der Waals surface area contributed by atoms with Crippen molar-refractivity contribution >= 4 is 28.5 Å². The maximum atomic E-state index is 12.1. The van der Waals surface area contributed by atoms with E-state index in [0.29, 0.717) is 5.56 Å². The average Bonchev–Trinajstić information content (AvgIpc) is 2.48. The van der Waals surface area contributed by atoms with Crippen molar-refractivity contribution in [2.24, 2.45) is 0 Å². The van der Waals surface area contributed by atoms with E-state index in [-0.39, 0.29) is 11.9 Å². The van der Waals surface area contributed by atoms with Gasteiger partial charge in [0.25, 0.3) is 5.91 Å². The van der Waals surface area contributed by atoms with Crippen molar-refractivity contribution in [2.45, 2.75) is 13.0 Å². The van der Waals surface area contributed by atoms with Crippen LogP contribution in [-0.2, 0) is 0 Å². The fourth-order valence-electron chi connectivity index (χ4n) is 1.86. The van der Waals surface area contributed by atoms with Crippen molar-refractivity contribution in [3.8, 4) is 5.75 Å². The minimum atomic E-state index is -0.0651. The number of ether oxygens (including phenoxy) is 1. The molecule has 0 spiro atoms. The molecule has 0 aliphatic rings. The molecule has 1 N–H and O–H groups in total. The first-order valence-corrected chi connectivity index (χ1v) is 7.38. The molecule has 0 aliphatic carbocycles. The molecule has 2 rings (SSSR count). The summed E-state index contributed by atoms with van der Waals surface area (Å²) in [6, 6.07) is 15.2. The number of amides is 1. The third-order valence-electron chi connectivity index (χ3n) is 3.07. The number of benzene rings is 2. The molecule has 0 aliphatic heterocycles. The van der Waals surface area contributed by atoms with Crippen LogP contribution in [0.2, 0.25) is 0 Å². The molecule has 0 saturated carbocycles. The van der Waals surface area contributed by atoms with Gasteiger partial charge in [-0.25, -0.2) is 0 Å². The summed E-state index contributed by atoms with van der Waals surface area (Å²) >= 11 is 2.22. The van der Waals surface area contributed by atoms with E-state index in [1.807, 2.05) is 55.5 Å². The molecule has 3 nitrogen and oxygen atoms in total. The van der Waals surface area contributed by atoms with Crippen LogP contribution in [0, 0.1) is 3.57 Å². The van der Waals surface area contributed by atoms with E-state index in [1.165, 1.54) is 0 Å². The number of methoxy groups -OCH3 is 1. The molecule has 1 amide bonds. The monoisotopic (exact) mass is 381 g/mol. The lowest BCUT2D eigenvalue weighted by Crippen LogP contribution is -2.26. The first kappa shape index (κ1) is 14.8. The largest absolute Gasteiger partial charge is 0.497 e. The van der Waals surface area contributed by atoms with Gasteiger partial charge in [0.15, 0.2) is 0 Å². The van der Waals surface area contributed by atoms with Crippen molar-refractivity contribution in [1.29, 1.82) is 0 Å². The van der Waals surface area contributed by atoms with E-state index in [0.717, 1.165) is 14.9 Å². The average molecular weight is 381 g/mol. The molecule has 20 heavy (non-hydrogen) atoms. The standard InChI is InChI=1S/C16H16INO2/c1-11(12-5-9-15(20-2)10-6-12)18-16(19)13-3-7-14(17)8-4-13/h3-11H,1-2H3,(H,18,19). The van der Waals surface area contributed by atoms with Gasteiger partial charge in [-0.2, -0.15) is 0 Å². The Bertz CT molecular complexity index is 578. The zero-order chi connectivity index (χ0) is 14.5. The molecule has 1 atom stereocenters. The molecule has 4 heteroatoms. The lowest BCUT2D eigenvalue weighted by molar-refractivity contribution is 0.0940. The number of hydrogen-bond acceptors (Lipinski definition) is 2. The number of nitrogens with one attached hydrogen (secondary N) is 1. The predicted octanol–water partition coefficient (Wildman–Crippen LogP) is 3.79. The van der Waals surface area contributed by atoms with Crippen molar-refractivity contribution in [1.82, 2.24) is 5.32 Å². The molecule has 2 aromatic rings. The number of carbonyl (C=O) groups excluding carboxylic acids is 1. The third kappa shape index (κ3) is 3.72. The second-order valence-electron chi connectivity index (χ2n) is 4.48. The molecule has 1 unspecified atom stereocenters. The third-order valence-corrected chi connectivity index (χ3v) is 3.79. The topological polar surface area (TPSA) is 38.3 Å². The molecule has 0 fully saturated rings. The quantitative estimate of drug-likeness (QED) is 0.819. The van der Waals surface area contributed by atoms with Gasteiger partial charge in [-0.05, 0) is 71.5 Å². The summed E-state index contributed by atoms with van der Waals surface area (Å²) < 4.78 is 6.24. The Morgan fingerprint density at radius 1 is 1.10 bits per heavy atom. The van der Waals surface area contributed by atoms with E-state index in [2.05, 4.69) is 27.9 Å². The normalized spacial score (nSPS) is 11.8. The SMILES string of the molecule is COc1ccc(C(C)NC(=O)c2ccc(I)cc2)cc1. The van der Waals surface area contributed by atoms with Crippen molar-refractivity contribution in [3.05, 3.63) is 63.2 Å². The Balaban J connectivity index is 2.04. The summed E-state index contributed by atoms with van der Waals surface area (Å²) in [5.41, 5.74) is 1.72. The molecule has 0 aromatic heterocycles. The molecule has 2 aromatic carbocycles. The fourth-order valence-corrected chi connectivity index (χ4v) is 2.22. The first-order chi connectivity index (χ1) is 9.60. The van der Waals surface area contributed by atoms with Crippen LogP contribution in [0.4, 0.5) is 0 Å². The highest BCUT2D eigenvalue weighted by Crippen LogP contribution is 2.18. The van der Waals surface area contributed by atoms with Crippen LogP contribution >= 0.6 is 22.6 Å². The van der Waals surface area contributed by atoms with Crippen LogP contribution in [0.5, 0.6) is 5.75 Å². The highest BCUT2D eigenvalue weighted by atomic mass is 127. The van der Waals surface area contributed by atoms with Crippen molar-refractivity contribution in [3.63, 3.8) is 0 Å². The van der Waals surface area contributed by atoms with Crippen LogP contribution in [-0.4, -0.2) is 13.0 Å². The minimum Gasteiger partial charge on any atom is -0.497 e. The van der Waals surface area contributed by atoms with E-state index in [4.69, 9.17) is 4.74 Å². The summed E-state index contributed by atoms with van der Waals surface area (Å²) in [6.45, 7) is 1.96. The number of hydrogen-bond donors (Lipinski definition) is 1. The van der Waals surface area contributed by atoms with Gasteiger partial charge in [0.2, 0.25) is 0 Å². The van der Waals surface area contributed by atoms with Crippen LogP contribution < -0.4 is 10.1 Å². The first-order valence-electron chi connectivity index (χ1n) is 6.30. The summed E-state index contributed by atoms with van der Waals surface area (Å²) in [5, 5.41) is 2.99. The van der Waals surface area contributed by atoms with Gasteiger partial charge in [-0.1, -0.05) is 12.1 Å². The van der Waals surface area contributed by atoms with Gasteiger partial charge in [-0.3, -0.25) is 4.79 Å².